The minimum Gasteiger partial charge on any atom is -0.467 e. The van der Waals surface area contributed by atoms with Crippen molar-refractivity contribution in [3.63, 3.8) is 0 Å². The van der Waals surface area contributed by atoms with E-state index in [9.17, 15) is 9.59 Å². The number of thioether (sulfide) groups is 1. The Morgan fingerprint density at radius 3 is 2.90 bits per heavy atom. The molecule has 29 heavy (non-hydrogen) atoms. The fraction of sp³-hybridized carbons (Fsp3) is 0.333. The zero-order chi connectivity index (χ0) is 20.4. The van der Waals surface area contributed by atoms with Crippen molar-refractivity contribution in [2.45, 2.75) is 30.0 Å². The van der Waals surface area contributed by atoms with Crippen molar-refractivity contribution in [2.75, 3.05) is 24.6 Å². The monoisotopic (exact) mass is 413 g/mol. The normalized spacial score (nSPS) is 21.3. The zero-order valence-electron chi connectivity index (χ0n) is 16.3. The molecule has 0 saturated heterocycles. The molecule has 1 aromatic carbocycles. The van der Waals surface area contributed by atoms with Gasteiger partial charge < -0.3 is 24.7 Å². The van der Waals surface area contributed by atoms with E-state index in [4.69, 9.17) is 9.15 Å². The number of nitrogens with zero attached hydrogens (tertiary/aromatic N) is 1. The molecule has 0 bridgehead atoms. The van der Waals surface area contributed by atoms with Crippen molar-refractivity contribution >= 4 is 29.4 Å². The molecule has 0 saturated carbocycles. The highest BCUT2D eigenvalue weighted by Gasteiger charge is 2.36. The number of carbonyl (C=O) groups is 2. The number of hydrogen-bond acceptors (Lipinski definition) is 6. The molecule has 2 amide bonds. The second-order valence-corrected chi connectivity index (χ2v) is 8.42. The quantitative estimate of drug-likeness (QED) is 0.731. The molecule has 0 fully saturated rings. The Balaban J connectivity index is 1.74. The molecule has 0 spiro atoms. The molecule has 2 aromatic rings. The van der Waals surface area contributed by atoms with Gasteiger partial charge in [0.05, 0.1) is 36.4 Å². The van der Waals surface area contributed by atoms with Crippen molar-refractivity contribution in [3.8, 4) is 0 Å². The standard InChI is InChI=1S/C21H23N3O4S/c1-3-27-20(25)18-14(22-21(26)23-19(18)16-8-6-10-28-16)12-24-11-13(2)29-17-9-5-4-7-15(17)24/h4-10,13,19H,3,11-12H2,1-2H3,(H2,22,23,26)/t13-,19+/m0/s1. The van der Waals surface area contributed by atoms with Crippen LogP contribution in [0.4, 0.5) is 10.5 Å². The number of hydrogen-bond donors (Lipinski definition) is 2. The van der Waals surface area contributed by atoms with Gasteiger partial charge in [-0.05, 0) is 31.2 Å². The minimum atomic E-state index is -0.695. The lowest BCUT2D eigenvalue weighted by atomic mass is 9.99. The highest BCUT2D eigenvalue weighted by Crippen LogP contribution is 2.39. The van der Waals surface area contributed by atoms with Crippen LogP contribution in [-0.4, -0.2) is 36.9 Å². The van der Waals surface area contributed by atoms with Crippen molar-refractivity contribution < 1.29 is 18.7 Å². The summed E-state index contributed by atoms with van der Waals surface area (Å²) >= 11 is 1.83. The molecule has 2 aliphatic heterocycles. The molecule has 2 aliphatic rings. The Morgan fingerprint density at radius 2 is 2.14 bits per heavy atom. The molecule has 0 aliphatic carbocycles. The van der Waals surface area contributed by atoms with Crippen LogP contribution in [0.2, 0.25) is 0 Å². The van der Waals surface area contributed by atoms with Gasteiger partial charge in [-0.15, -0.1) is 11.8 Å². The molecule has 152 valence electrons. The minimum absolute atomic E-state index is 0.245. The van der Waals surface area contributed by atoms with Crippen molar-refractivity contribution in [1.82, 2.24) is 10.6 Å². The number of urea groups is 1. The maximum Gasteiger partial charge on any atom is 0.338 e. The van der Waals surface area contributed by atoms with Gasteiger partial charge in [0.25, 0.3) is 0 Å². The number of esters is 1. The third-order valence-corrected chi connectivity index (χ3v) is 5.99. The summed E-state index contributed by atoms with van der Waals surface area (Å²) in [7, 11) is 0. The maximum absolute atomic E-state index is 12.8. The van der Waals surface area contributed by atoms with Crippen LogP contribution >= 0.6 is 11.8 Å². The summed E-state index contributed by atoms with van der Waals surface area (Å²) in [6, 6.07) is 10.6. The maximum atomic E-state index is 12.8. The predicted molar refractivity (Wildman–Crippen MR) is 111 cm³/mol. The molecular formula is C21H23N3O4S. The summed E-state index contributed by atoms with van der Waals surface area (Å²) < 4.78 is 10.8. The molecule has 1 aromatic heterocycles. The van der Waals surface area contributed by atoms with E-state index in [1.54, 1.807) is 19.1 Å². The third kappa shape index (κ3) is 3.98. The fourth-order valence-electron chi connectivity index (χ4n) is 3.68. The van der Waals surface area contributed by atoms with E-state index >= 15 is 0 Å². The number of amides is 2. The largest absolute Gasteiger partial charge is 0.467 e. The first kappa shape index (κ1) is 19.4. The average molecular weight is 413 g/mol. The Morgan fingerprint density at radius 1 is 1.31 bits per heavy atom. The smallest absolute Gasteiger partial charge is 0.338 e. The second kappa shape index (κ2) is 8.24. The Hall–Kier alpha value is -2.87. The Labute approximate surface area is 173 Å². The molecule has 3 heterocycles. The topological polar surface area (TPSA) is 83.8 Å². The first-order valence-corrected chi connectivity index (χ1v) is 10.5. The van der Waals surface area contributed by atoms with Gasteiger partial charge in [-0.3, -0.25) is 0 Å². The number of rotatable bonds is 5. The van der Waals surface area contributed by atoms with Crippen LogP contribution < -0.4 is 15.5 Å². The SMILES string of the molecule is CCOC(=O)C1=C(CN2C[C@H](C)Sc3ccccc32)NC(=O)N[C@@H]1c1ccco1. The number of anilines is 1. The summed E-state index contributed by atoms with van der Waals surface area (Å²) in [5, 5.41) is 5.99. The summed E-state index contributed by atoms with van der Waals surface area (Å²) in [5.74, 6) is 0.0208. The van der Waals surface area contributed by atoms with Crippen LogP contribution in [0, 0.1) is 0 Å². The van der Waals surface area contributed by atoms with E-state index in [1.807, 2.05) is 23.9 Å². The van der Waals surface area contributed by atoms with Gasteiger partial charge in [0.15, 0.2) is 0 Å². The van der Waals surface area contributed by atoms with Gasteiger partial charge in [0.2, 0.25) is 0 Å². The van der Waals surface area contributed by atoms with E-state index in [-0.39, 0.29) is 12.6 Å². The summed E-state index contributed by atoms with van der Waals surface area (Å²) in [5.41, 5.74) is 1.99. The fourth-order valence-corrected chi connectivity index (χ4v) is 4.85. The van der Waals surface area contributed by atoms with E-state index < -0.39 is 12.0 Å². The molecule has 8 heteroatoms. The average Bonchev–Trinajstić information content (AvgIpc) is 3.22. The van der Waals surface area contributed by atoms with Gasteiger partial charge >= 0.3 is 12.0 Å². The molecule has 4 rings (SSSR count). The molecule has 0 radical (unpaired) electrons. The second-order valence-electron chi connectivity index (χ2n) is 6.94. The van der Waals surface area contributed by atoms with Gasteiger partial charge in [0.1, 0.15) is 11.8 Å². The van der Waals surface area contributed by atoms with Crippen LogP contribution in [0.3, 0.4) is 0 Å². The van der Waals surface area contributed by atoms with E-state index in [0.717, 1.165) is 12.2 Å². The summed E-state index contributed by atoms with van der Waals surface area (Å²) in [6.45, 7) is 5.36. The first-order valence-electron chi connectivity index (χ1n) is 9.58. The highest BCUT2D eigenvalue weighted by atomic mass is 32.2. The van der Waals surface area contributed by atoms with E-state index in [0.29, 0.717) is 28.8 Å². The molecular weight excluding hydrogens is 390 g/mol. The van der Waals surface area contributed by atoms with Crippen molar-refractivity contribution in [3.05, 3.63) is 59.7 Å². The van der Waals surface area contributed by atoms with Crippen LogP contribution in [0.5, 0.6) is 0 Å². The highest BCUT2D eigenvalue weighted by molar-refractivity contribution is 8.00. The molecule has 2 N–H and O–H groups in total. The molecule has 0 unspecified atom stereocenters. The number of fused-ring (bicyclic) bond motifs is 1. The number of carbonyl (C=O) groups excluding carboxylic acids is 2. The lowest BCUT2D eigenvalue weighted by molar-refractivity contribution is -0.139. The molecule has 2 atom stereocenters. The van der Waals surface area contributed by atoms with Gasteiger partial charge in [-0.1, -0.05) is 19.1 Å². The Bertz CT molecular complexity index is 941. The first-order chi connectivity index (χ1) is 14.1. The number of ether oxygens (including phenoxy) is 1. The van der Waals surface area contributed by atoms with Crippen LogP contribution in [0.15, 0.2) is 63.2 Å². The zero-order valence-corrected chi connectivity index (χ0v) is 17.1. The predicted octanol–water partition coefficient (Wildman–Crippen LogP) is 3.45. The Kier molecular flexibility index (Phi) is 5.53. The number of benzene rings is 1. The van der Waals surface area contributed by atoms with E-state index in [1.165, 1.54) is 11.2 Å². The van der Waals surface area contributed by atoms with Gasteiger partial charge in [0, 0.05) is 16.7 Å². The number of para-hydroxylation sites is 1. The van der Waals surface area contributed by atoms with E-state index in [2.05, 4.69) is 34.6 Å². The number of nitrogens with one attached hydrogen (secondary N) is 2. The van der Waals surface area contributed by atoms with Crippen LogP contribution in [0.1, 0.15) is 25.6 Å². The molecule has 7 nitrogen and oxygen atoms in total. The third-order valence-electron chi connectivity index (χ3n) is 4.84. The van der Waals surface area contributed by atoms with Crippen LogP contribution in [-0.2, 0) is 9.53 Å². The summed E-state index contributed by atoms with van der Waals surface area (Å²) in [4.78, 5) is 28.6. The van der Waals surface area contributed by atoms with Crippen molar-refractivity contribution in [1.29, 1.82) is 0 Å². The van der Waals surface area contributed by atoms with Crippen LogP contribution in [0.25, 0.3) is 0 Å². The van der Waals surface area contributed by atoms with Crippen molar-refractivity contribution in [2.24, 2.45) is 0 Å². The summed E-state index contributed by atoms with van der Waals surface area (Å²) in [6.07, 6.45) is 1.52. The number of furan rings is 1. The lowest BCUT2D eigenvalue weighted by Crippen LogP contribution is -2.49. The lowest BCUT2D eigenvalue weighted by Gasteiger charge is -2.37. The van der Waals surface area contributed by atoms with Gasteiger partial charge in [-0.25, -0.2) is 9.59 Å². The van der Waals surface area contributed by atoms with Gasteiger partial charge in [-0.2, -0.15) is 0 Å².